The Balaban J connectivity index is 1.96. The molecule has 0 fully saturated rings. The van der Waals surface area contributed by atoms with Crippen molar-refractivity contribution in [1.29, 1.82) is 0 Å². The fourth-order valence-corrected chi connectivity index (χ4v) is 2.34. The second-order valence-electron chi connectivity index (χ2n) is 4.80. The quantitative estimate of drug-likeness (QED) is 0.931. The molecule has 1 aromatic carbocycles. The Kier molecular flexibility index (Phi) is 3.35. The first-order valence-corrected chi connectivity index (χ1v) is 6.59. The molecule has 0 atom stereocenters. The Morgan fingerprint density at radius 2 is 2.05 bits per heavy atom. The SMILES string of the molecule is O=C(O)C1=NN(Cc2cccc3cccnc23)C(=O)CC1. The smallest absolute Gasteiger partial charge is 0.352 e. The minimum absolute atomic E-state index is 0.0165. The number of carboxylic acids is 1. The summed E-state index contributed by atoms with van der Waals surface area (Å²) in [5.41, 5.74) is 1.66. The number of hydrogen-bond acceptors (Lipinski definition) is 4. The van der Waals surface area contributed by atoms with Gasteiger partial charge >= 0.3 is 5.97 Å². The minimum atomic E-state index is -1.08. The van der Waals surface area contributed by atoms with Crippen LogP contribution in [0.2, 0.25) is 0 Å². The lowest BCUT2D eigenvalue weighted by Crippen LogP contribution is -2.33. The van der Waals surface area contributed by atoms with Gasteiger partial charge in [-0.1, -0.05) is 24.3 Å². The first-order valence-electron chi connectivity index (χ1n) is 6.59. The van der Waals surface area contributed by atoms with Crippen LogP contribution in [-0.2, 0) is 16.1 Å². The lowest BCUT2D eigenvalue weighted by atomic mass is 10.1. The maximum atomic E-state index is 11.9. The largest absolute Gasteiger partial charge is 0.477 e. The van der Waals surface area contributed by atoms with Gasteiger partial charge in [-0.2, -0.15) is 5.10 Å². The normalized spacial score (nSPS) is 15.1. The van der Waals surface area contributed by atoms with E-state index in [-0.39, 0.29) is 31.0 Å². The van der Waals surface area contributed by atoms with Crippen LogP contribution in [-0.4, -0.2) is 32.7 Å². The zero-order valence-corrected chi connectivity index (χ0v) is 11.2. The van der Waals surface area contributed by atoms with Gasteiger partial charge in [-0.3, -0.25) is 9.78 Å². The van der Waals surface area contributed by atoms with Crippen LogP contribution in [0.25, 0.3) is 10.9 Å². The number of nitrogens with zero attached hydrogens (tertiary/aromatic N) is 3. The van der Waals surface area contributed by atoms with Crippen molar-refractivity contribution < 1.29 is 14.7 Å². The molecule has 21 heavy (non-hydrogen) atoms. The van der Waals surface area contributed by atoms with E-state index in [2.05, 4.69) is 10.1 Å². The standard InChI is InChI=1S/C15H13N3O3/c19-13-7-6-12(15(20)21)17-18(13)9-11-4-1-3-10-5-2-8-16-14(10)11/h1-5,8H,6-7,9H2,(H,20,21). The Bertz CT molecular complexity index is 749. The highest BCUT2D eigenvalue weighted by molar-refractivity contribution is 6.36. The number of aliphatic carboxylic acids is 1. The van der Waals surface area contributed by atoms with Gasteiger partial charge in [0.25, 0.3) is 0 Å². The molecule has 0 saturated carbocycles. The summed E-state index contributed by atoms with van der Waals surface area (Å²) in [5.74, 6) is -1.25. The summed E-state index contributed by atoms with van der Waals surface area (Å²) in [6, 6.07) is 9.48. The highest BCUT2D eigenvalue weighted by Gasteiger charge is 2.24. The van der Waals surface area contributed by atoms with E-state index in [4.69, 9.17) is 5.11 Å². The molecule has 2 heterocycles. The van der Waals surface area contributed by atoms with Crippen LogP contribution in [0.3, 0.4) is 0 Å². The molecule has 0 aliphatic carbocycles. The third kappa shape index (κ3) is 2.60. The van der Waals surface area contributed by atoms with E-state index in [1.54, 1.807) is 6.20 Å². The molecule has 2 aromatic rings. The number of carboxylic acid groups (broad SMARTS) is 1. The van der Waals surface area contributed by atoms with Gasteiger partial charge in [0, 0.05) is 24.4 Å². The highest BCUT2D eigenvalue weighted by Crippen LogP contribution is 2.20. The minimum Gasteiger partial charge on any atom is -0.477 e. The first kappa shape index (κ1) is 13.2. The monoisotopic (exact) mass is 283 g/mol. The molecule has 0 bridgehead atoms. The average molecular weight is 283 g/mol. The van der Waals surface area contributed by atoms with E-state index in [1.165, 1.54) is 5.01 Å². The highest BCUT2D eigenvalue weighted by atomic mass is 16.4. The third-order valence-electron chi connectivity index (χ3n) is 3.39. The number of aromatic nitrogens is 1. The number of para-hydroxylation sites is 1. The molecule has 0 spiro atoms. The van der Waals surface area contributed by atoms with Gasteiger partial charge in [0.2, 0.25) is 5.91 Å². The van der Waals surface area contributed by atoms with Gasteiger partial charge in [-0.25, -0.2) is 9.80 Å². The predicted molar refractivity (Wildman–Crippen MR) is 76.6 cm³/mol. The zero-order valence-electron chi connectivity index (χ0n) is 11.2. The number of benzene rings is 1. The molecule has 0 saturated heterocycles. The van der Waals surface area contributed by atoms with Crippen molar-refractivity contribution in [3.8, 4) is 0 Å². The third-order valence-corrected chi connectivity index (χ3v) is 3.39. The number of amides is 1. The van der Waals surface area contributed by atoms with Crippen LogP contribution in [0.15, 0.2) is 41.6 Å². The van der Waals surface area contributed by atoms with Crippen molar-refractivity contribution in [3.05, 3.63) is 42.1 Å². The van der Waals surface area contributed by atoms with Crippen molar-refractivity contribution in [2.45, 2.75) is 19.4 Å². The van der Waals surface area contributed by atoms with Crippen molar-refractivity contribution in [2.75, 3.05) is 0 Å². The summed E-state index contributed by atoms with van der Waals surface area (Å²) in [6.07, 6.45) is 2.04. The summed E-state index contributed by atoms with van der Waals surface area (Å²) in [4.78, 5) is 27.2. The van der Waals surface area contributed by atoms with Crippen molar-refractivity contribution in [2.24, 2.45) is 5.10 Å². The molecule has 6 heteroatoms. The maximum absolute atomic E-state index is 11.9. The molecule has 6 nitrogen and oxygen atoms in total. The lowest BCUT2D eigenvalue weighted by Gasteiger charge is -2.22. The van der Waals surface area contributed by atoms with E-state index in [9.17, 15) is 9.59 Å². The number of carbonyl (C=O) groups is 2. The van der Waals surface area contributed by atoms with E-state index >= 15 is 0 Å². The predicted octanol–water partition coefficient (Wildman–Crippen LogP) is 1.80. The van der Waals surface area contributed by atoms with Crippen LogP contribution < -0.4 is 0 Å². The molecule has 1 aliphatic heterocycles. The number of fused-ring (bicyclic) bond motifs is 1. The molecule has 1 amide bonds. The van der Waals surface area contributed by atoms with Crippen molar-refractivity contribution in [3.63, 3.8) is 0 Å². The maximum Gasteiger partial charge on any atom is 0.352 e. The Labute approximate surface area is 120 Å². The van der Waals surface area contributed by atoms with Crippen LogP contribution in [0, 0.1) is 0 Å². The Morgan fingerprint density at radius 3 is 2.86 bits per heavy atom. The number of pyridine rings is 1. The number of rotatable bonds is 3. The Morgan fingerprint density at radius 1 is 1.24 bits per heavy atom. The van der Waals surface area contributed by atoms with Crippen LogP contribution in [0.1, 0.15) is 18.4 Å². The fraction of sp³-hybridized carbons (Fsp3) is 0.200. The topological polar surface area (TPSA) is 82.9 Å². The fourth-order valence-electron chi connectivity index (χ4n) is 2.34. The lowest BCUT2D eigenvalue weighted by molar-refractivity contribution is -0.133. The van der Waals surface area contributed by atoms with Gasteiger partial charge in [0.05, 0.1) is 12.1 Å². The molecule has 1 N–H and O–H groups in total. The van der Waals surface area contributed by atoms with Crippen LogP contribution in [0.4, 0.5) is 0 Å². The van der Waals surface area contributed by atoms with Crippen LogP contribution in [0.5, 0.6) is 0 Å². The second kappa shape index (κ2) is 5.32. The second-order valence-corrected chi connectivity index (χ2v) is 4.80. The molecule has 106 valence electrons. The molecular weight excluding hydrogens is 270 g/mol. The van der Waals surface area contributed by atoms with E-state index in [0.717, 1.165) is 16.5 Å². The summed E-state index contributed by atoms with van der Waals surface area (Å²) in [5, 5.41) is 15.1. The van der Waals surface area contributed by atoms with Gasteiger partial charge in [0.15, 0.2) is 0 Å². The molecular formula is C15H13N3O3. The van der Waals surface area contributed by atoms with Gasteiger partial charge < -0.3 is 5.11 Å². The van der Waals surface area contributed by atoms with Gasteiger partial charge in [0.1, 0.15) is 5.71 Å². The Hall–Kier alpha value is -2.76. The summed E-state index contributed by atoms with van der Waals surface area (Å²) >= 11 is 0. The molecule has 0 unspecified atom stereocenters. The van der Waals surface area contributed by atoms with Crippen molar-refractivity contribution in [1.82, 2.24) is 9.99 Å². The number of hydrazone groups is 1. The van der Waals surface area contributed by atoms with E-state index in [1.807, 2.05) is 30.3 Å². The molecule has 3 rings (SSSR count). The zero-order chi connectivity index (χ0) is 14.8. The van der Waals surface area contributed by atoms with Crippen molar-refractivity contribution >= 4 is 28.5 Å². The van der Waals surface area contributed by atoms with E-state index in [0.29, 0.717) is 0 Å². The molecule has 1 aromatic heterocycles. The van der Waals surface area contributed by atoms with Crippen LogP contribution >= 0.6 is 0 Å². The number of carbonyl (C=O) groups excluding carboxylic acids is 1. The first-order chi connectivity index (χ1) is 10.1. The summed E-state index contributed by atoms with van der Waals surface area (Å²) in [6.45, 7) is 0.226. The van der Waals surface area contributed by atoms with Gasteiger partial charge in [-0.05, 0) is 11.6 Å². The van der Waals surface area contributed by atoms with Gasteiger partial charge in [-0.15, -0.1) is 0 Å². The number of hydrogen-bond donors (Lipinski definition) is 1. The average Bonchev–Trinajstić information content (AvgIpc) is 2.49. The summed E-state index contributed by atoms with van der Waals surface area (Å²) in [7, 11) is 0. The molecule has 1 aliphatic rings. The summed E-state index contributed by atoms with van der Waals surface area (Å²) < 4.78 is 0. The molecule has 0 radical (unpaired) electrons. The van der Waals surface area contributed by atoms with E-state index < -0.39 is 5.97 Å².